The number of carbonyl (C=O) groups excluding carboxylic acids is 1. The lowest BCUT2D eigenvalue weighted by molar-refractivity contribution is -0.132. The van der Waals surface area contributed by atoms with E-state index in [0.717, 1.165) is 42.9 Å². The third-order valence-corrected chi connectivity index (χ3v) is 4.63. The molecule has 0 radical (unpaired) electrons. The van der Waals surface area contributed by atoms with Gasteiger partial charge in [0.1, 0.15) is 5.75 Å². The number of piperidine rings is 1. The highest BCUT2D eigenvalue weighted by Crippen LogP contribution is 2.24. The van der Waals surface area contributed by atoms with Crippen molar-refractivity contribution in [3.8, 4) is 5.75 Å². The van der Waals surface area contributed by atoms with E-state index >= 15 is 0 Å². The van der Waals surface area contributed by atoms with Crippen LogP contribution in [0.25, 0.3) is 0 Å². The van der Waals surface area contributed by atoms with E-state index < -0.39 is 0 Å². The van der Waals surface area contributed by atoms with Crippen molar-refractivity contribution in [2.45, 2.75) is 39.2 Å². The number of nitrogens with zero attached hydrogens (tertiary/aromatic N) is 3. The fourth-order valence-electron chi connectivity index (χ4n) is 3.47. The maximum Gasteiger partial charge on any atom is 0.227 e. The van der Waals surface area contributed by atoms with Gasteiger partial charge in [0.25, 0.3) is 0 Å². The highest BCUT2D eigenvalue weighted by Gasteiger charge is 2.26. The second-order valence-electron chi connectivity index (χ2n) is 6.54. The van der Waals surface area contributed by atoms with Crippen LogP contribution in [0.5, 0.6) is 5.75 Å². The first-order valence-corrected chi connectivity index (χ1v) is 8.50. The van der Waals surface area contributed by atoms with Gasteiger partial charge >= 0.3 is 0 Å². The van der Waals surface area contributed by atoms with Crippen LogP contribution in [-0.4, -0.2) is 40.8 Å². The molecular weight excluding hydrogens is 302 g/mol. The van der Waals surface area contributed by atoms with E-state index in [1.54, 1.807) is 7.11 Å². The average Bonchev–Trinajstić information content (AvgIpc) is 2.93. The highest BCUT2D eigenvalue weighted by molar-refractivity contribution is 5.79. The number of ether oxygens (including phenoxy) is 1. The Kier molecular flexibility index (Phi) is 4.88. The Bertz CT molecular complexity index is 723. The first-order valence-electron chi connectivity index (χ1n) is 8.50. The molecule has 1 amide bonds. The molecule has 2 aromatic rings. The van der Waals surface area contributed by atoms with Gasteiger partial charge < -0.3 is 9.64 Å². The summed E-state index contributed by atoms with van der Waals surface area (Å²) < 4.78 is 7.32. The van der Waals surface area contributed by atoms with Crippen molar-refractivity contribution in [1.29, 1.82) is 0 Å². The van der Waals surface area contributed by atoms with Crippen LogP contribution in [0.3, 0.4) is 0 Å². The van der Waals surface area contributed by atoms with Crippen molar-refractivity contribution in [2.24, 2.45) is 0 Å². The van der Waals surface area contributed by atoms with Crippen molar-refractivity contribution in [2.75, 3.05) is 20.2 Å². The van der Waals surface area contributed by atoms with E-state index in [4.69, 9.17) is 4.74 Å². The number of rotatable bonds is 4. The maximum atomic E-state index is 12.7. The highest BCUT2D eigenvalue weighted by atomic mass is 16.5. The summed E-state index contributed by atoms with van der Waals surface area (Å²) in [4.78, 5) is 14.7. The summed E-state index contributed by atoms with van der Waals surface area (Å²) in [5.74, 6) is 0.967. The monoisotopic (exact) mass is 327 g/mol. The summed E-state index contributed by atoms with van der Waals surface area (Å²) in [7, 11) is 1.64. The molecule has 5 heteroatoms. The maximum absolute atomic E-state index is 12.7. The van der Waals surface area contributed by atoms with Gasteiger partial charge in [-0.2, -0.15) is 5.10 Å². The molecule has 1 fully saturated rings. The first-order chi connectivity index (χ1) is 11.6. The summed E-state index contributed by atoms with van der Waals surface area (Å²) in [6.45, 7) is 5.67. The molecule has 128 valence electrons. The number of carbonyl (C=O) groups is 1. The van der Waals surface area contributed by atoms with Gasteiger partial charge in [0.2, 0.25) is 5.91 Å². The van der Waals surface area contributed by atoms with E-state index in [1.807, 2.05) is 36.1 Å². The Hall–Kier alpha value is -2.30. The fraction of sp³-hybridized carbons (Fsp3) is 0.474. The van der Waals surface area contributed by atoms with Crippen LogP contribution in [0.15, 0.2) is 30.3 Å². The lowest BCUT2D eigenvalue weighted by Gasteiger charge is -2.33. The zero-order chi connectivity index (χ0) is 17.1. The fourth-order valence-corrected chi connectivity index (χ4v) is 3.47. The second kappa shape index (κ2) is 7.07. The molecule has 24 heavy (non-hydrogen) atoms. The van der Waals surface area contributed by atoms with Crippen molar-refractivity contribution in [1.82, 2.24) is 14.7 Å². The van der Waals surface area contributed by atoms with E-state index in [9.17, 15) is 4.79 Å². The van der Waals surface area contributed by atoms with Crippen molar-refractivity contribution < 1.29 is 9.53 Å². The smallest absolute Gasteiger partial charge is 0.227 e. The molecule has 3 rings (SSSR count). The normalized spacial score (nSPS) is 17.8. The molecule has 1 aliphatic rings. The van der Waals surface area contributed by atoms with E-state index in [-0.39, 0.29) is 11.9 Å². The van der Waals surface area contributed by atoms with Crippen molar-refractivity contribution in [3.05, 3.63) is 47.3 Å². The molecule has 2 heterocycles. The molecular formula is C19H25N3O2. The lowest BCUT2D eigenvalue weighted by Crippen LogP contribution is -2.41. The third kappa shape index (κ3) is 3.61. The molecule has 1 saturated heterocycles. The first kappa shape index (κ1) is 16.6. The lowest BCUT2D eigenvalue weighted by atomic mass is 10.0. The molecule has 0 aliphatic carbocycles. The van der Waals surface area contributed by atoms with E-state index in [0.29, 0.717) is 6.42 Å². The summed E-state index contributed by atoms with van der Waals surface area (Å²) in [6, 6.07) is 10.1. The Labute approximate surface area is 143 Å². The molecule has 1 aromatic heterocycles. The van der Waals surface area contributed by atoms with Crippen molar-refractivity contribution >= 4 is 5.91 Å². The van der Waals surface area contributed by atoms with Crippen LogP contribution in [-0.2, 0) is 11.2 Å². The molecule has 1 atom stereocenters. The van der Waals surface area contributed by atoms with Crippen LogP contribution in [0, 0.1) is 13.8 Å². The quantitative estimate of drug-likeness (QED) is 0.867. The minimum atomic E-state index is 0.175. The Morgan fingerprint density at radius 3 is 2.88 bits per heavy atom. The Morgan fingerprint density at radius 1 is 1.33 bits per heavy atom. The molecule has 1 aliphatic heterocycles. The minimum absolute atomic E-state index is 0.175. The van der Waals surface area contributed by atoms with Gasteiger partial charge in [0.05, 0.1) is 25.3 Å². The SMILES string of the molecule is COc1cccc(CC(=O)N2CCC[C@H](n3nc(C)cc3C)C2)c1. The molecule has 0 N–H and O–H groups in total. The predicted octanol–water partition coefficient (Wildman–Crippen LogP) is 2.91. The summed E-state index contributed by atoms with van der Waals surface area (Å²) >= 11 is 0. The number of amides is 1. The van der Waals surface area contributed by atoms with Gasteiger partial charge in [-0.25, -0.2) is 0 Å². The minimum Gasteiger partial charge on any atom is -0.497 e. The van der Waals surface area contributed by atoms with Gasteiger partial charge in [-0.3, -0.25) is 9.48 Å². The topological polar surface area (TPSA) is 47.4 Å². The molecule has 1 aromatic carbocycles. The van der Waals surface area contributed by atoms with Gasteiger partial charge in [-0.15, -0.1) is 0 Å². The number of hydrogen-bond acceptors (Lipinski definition) is 3. The summed E-state index contributed by atoms with van der Waals surface area (Å²) in [5, 5.41) is 4.60. The van der Waals surface area contributed by atoms with Gasteiger partial charge in [0.15, 0.2) is 0 Å². The Balaban J connectivity index is 1.67. The molecule has 0 spiro atoms. The molecule has 0 unspecified atom stereocenters. The van der Waals surface area contributed by atoms with E-state index in [1.165, 1.54) is 5.69 Å². The van der Waals surface area contributed by atoms with E-state index in [2.05, 4.69) is 22.8 Å². The number of benzene rings is 1. The van der Waals surface area contributed by atoms with Crippen LogP contribution in [0.4, 0.5) is 0 Å². The van der Waals surface area contributed by atoms with Crippen molar-refractivity contribution in [3.63, 3.8) is 0 Å². The van der Waals surface area contributed by atoms with Crippen LogP contribution < -0.4 is 4.74 Å². The third-order valence-electron chi connectivity index (χ3n) is 4.63. The van der Waals surface area contributed by atoms with Gasteiger partial charge in [-0.1, -0.05) is 12.1 Å². The Morgan fingerprint density at radius 2 is 2.17 bits per heavy atom. The number of aromatic nitrogens is 2. The van der Waals surface area contributed by atoms with Gasteiger partial charge in [0, 0.05) is 18.8 Å². The number of hydrogen-bond donors (Lipinski definition) is 0. The summed E-state index contributed by atoms with van der Waals surface area (Å²) in [5.41, 5.74) is 3.19. The second-order valence-corrected chi connectivity index (χ2v) is 6.54. The van der Waals surface area contributed by atoms with Crippen LogP contribution in [0.1, 0.15) is 35.8 Å². The molecule has 0 saturated carbocycles. The average molecular weight is 327 g/mol. The van der Waals surface area contributed by atoms with Crippen LogP contribution >= 0.6 is 0 Å². The molecule has 0 bridgehead atoms. The van der Waals surface area contributed by atoms with Gasteiger partial charge in [-0.05, 0) is 50.5 Å². The number of methoxy groups -OCH3 is 1. The molecule has 5 nitrogen and oxygen atoms in total. The number of likely N-dealkylation sites (tertiary alicyclic amines) is 1. The standard InChI is InChI=1S/C19H25N3O2/c1-14-10-15(2)22(20-14)17-7-5-9-21(13-17)19(23)12-16-6-4-8-18(11-16)24-3/h4,6,8,10-11,17H,5,7,9,12-13H2,1-3H3/t17-/m0/s1. The van der Waals surface area contributed by atoms with Crippen LogP contribution in [0.2, 0.25) is 0 Å². The predicted molar refractivity (Wildman–Crippen MR) is 93.3 cm³/mol. The zero-order valence-corrected chi connectivity index (χ0v) is 14.7. The number of aryl methyl sites for hydroxylation is 2. The summed E-state index contributed by atoms with van der Waals surface area (Å²) in [6.07, 6.45) is 2.51. The zero-order valence-electron chi connectivity index (χ0n) is 14.7. The largest absolute Gasteiger partial charge is 0.497 e.